The lowest BCUT2D eigenvalue weighted by atomic mass is 10.0. The number of ketones is 1. The van der Waals surface area contributed by atoms with E-state index < -0.39 is 0 Å². The molecule has 0 spiro atoms. The van der Waals surface area contributed by atoms with Crippen LogP contribution in [-0.4, -0.2) is 47.9 Å². The molecule has 0 radical (unpaired) electrons. The Hall–Kier alpha value is -3.41. The average molecular weight is 447 g/mol. The minimum absolute atomic E-state index is 0.162. The number of hydrogen-bond donors (Lipinski definition) is 2. The van der Waals surface area contributed by atoms with Crippen molar-refractivity contribution in [2.75, 3.05) is 42.1 Å². The van der Waals surface area contributed by atoms with Crippen LogP contribution in [0.15, 0.2) is 48.5 Å². The first-order valence-corrected chi connectivity index (χ1v) is 11.4. The smallest absolute Gasteiger partial charge is 0.208 e. The zero-order chi connectivity index (χ0) is 22.7. The summed E-state index contributed by atoms with van der Waals surface area (Å²) in [6.07, 6.45) is 0. The highest BCUT2D eigenvalue weighted by molar-refractivity contribution is 7.18. The van der Waals surface area contributed by atoms with Crippen molar-refractivity contribution in [3.63, 3.8) is 0 Å². The van der Waals surface area contributed by atoms with Crippen LogP contribution in [0.25, 0.3) is 0 Å². The van der Waals surface area contributed by atoms with Crippen LogP contribution in [0.2, 0.25) is 0 Å². The number of carbonyl (C=O) groups is 1. The average Bonchev–Trinajstić information content (AvgIpc) is 3.18. The van der Waals surface area contributed by atoms with Gasteiger partial charge in [-0.15, -0.1) is 0 Å². The number of nitrogen functional groups attached to an aromatic ring is 1. The summed E-state index contributed by atoms with van der Waals surface area (Å²) in [4.78, 5) is 22.4. The Bertz CT molecular complexity index is 1140. The van der Waals surface area contributed by atoms with E-state index in [1.807, 2.05) is 12.1 Å². The molecule has 1 aromatic heterocycles. The summed E-state index contributed by atoms with van der Waals surface area (Å²) in [5.41, 5.74) is 8.75. The Morgan fingerprint density at radius 3 is 2.47 bits per heavy atom. The minimum Gasteiger partial charge on any atom is -0.382 e. The van der Waals surface area contributed by atoms with Gasteiger partial charge in [0.05, 0.1) is 11.6 Å². The molecule has 7 nitrogen and oxygen atoms in total. The summed E-state index contributed by atoms with van der Waals surface area (Å²) in [6, 6.07) is 17.6. The first-order valence-electron chi connectivity index (χ1n) is 10.6. The molecule has 0 amide bonds. The monoisotopic (exact) mass is 446 g/mol. The van der Waals surface area contributed by atoms with E-state index >= 15 is 0 Å². The minimum atomic E-state index is -0.291. The predicted octanol–water partition coefficient (Wildman–Crippen LogP) is 4.10. The van der Waals surface area contributed by atoms with Crippen molar-refractivity contribution >= 4 is 39.4 Å². The van der Waals surface area contributed by atoms with Gasteiger partial charge < -0.3 is 16.0 Å². The van der Waals surface area contributed by atoms with Crippen LogP contribution >= 0.6 is 11.3 Å². The van der Waals surface area contributed by atoms with Crippen molar-refractivity contribution < 1.29 is 4.79 Å². The first kappa shape index (κ1) is 21.8. The first-order chi connectivity index (χ1) is 15.5. The fraction of sp³-hybridized carbons (Fsp3) is 0.292. The van der Waals surface area contributed by atoms with Crippen molar-refractivity contribution in [1.29, 1.82) is 5.26 Å². The van der Waals surface area contributed by atoms with Crippen molar-refractivity contribution in [2.45, 2.75) is 19.9 Å². The molecule has 1 fully saturated rings. The Balaban J connectivity index is 1.44. The molecule has 1 aliphatic heterocycles. The summed E-state index contributed by atoms with van der Waals surface area (Å²) >= 11 is 1.19. The van der Waals surface area contributed by atoms with Gasteiger partial charge in [-0.3, -0.25) is 9.69 Å². The molecular weight excluding hydrogens is 420 g/mol. The maximum Gasteiger partial charge on any atom is 0.208 e. The summed E-state index contributed by atoms with van der Waals surface area (Å²) in [6.45, 7) is 8.66. The standard InChI is InChI=1S/C24H26N6OS/c1-16(2)29-11-13-30(14-12-29)19-9-7-18(8-10-19)27-24-28-23(26)22(32-24)21(31)20-6-4-3-5-17(20)15-25/h3-10,16H,11-14,26H2,1-2H3,(H,27,28). The van der Waals surface area contributed by atoms with Crippen LogP contribution in [-0.2, 0) is 0 Å². The zero-order valence-electron chi connectivity index (χ0n) is 18.2. The molecule has 32 heavy (non-hydrogen) atoms. The number of benzene rings is 2. The number of hydrogen-bond acceptors (Lipinski definition) is 8. The number of nitrogens with two attached hydrogens (primary N) is 1. The quantitative estimate of drug-likeness (QED) is 0.550. The molecule has 3 N–H and O–H groups in total. The summed E-state index contributed by atoms with van der Waals surface area (Å²) in [7, 11) is 0. The van der Waals surface area contributed by atoms with Gasteiger partial charge in [-0.2, -0.15) is 5.26 Å². The number of aromatic nitrogens is 1. The third-order valence-corrected chi connectivity index (χ3v) is 6.67. The van der Waals surface area contributed by atoms with Crippen molar-refractivity contribution in [2.24, 2.45) is 0 Å². The highest BCUT2D eigenvalue weighted by Gasteiger charge is 2.21. The molecule has 0 bridgehead atoms. The van der Waals surface area contributed by atoms with Gasteiger partial charge in [0.25, 0.3) is 0 Å². The normalized spacial score (nSPS) is 14.4. The molecule has 0 unspecified atom stereocenters. The molecule has 0 aliphatic carbocycles. The maximum atomic E-state index is 12.9. The van der Waals surface area contributed by atoms with Crippen LogP contribution in [0.3, 0.4) is 0 Å². The van der Waals surface area contributed by atoms with Gasteiger partial charge in [0.2, 0.25) is 5.78 Å². The van der Waals surface area contributed by atoms with Gasteiger partial charge >= 0.3 is 0 Å². The number of anilines is 4. The Labute approximate surface area is 192 Å². The Kier molecular flexibility index (Phi) is 6.40. The topological polar surface area (TPSA) is 98.3 Å². The molecule has 1 aliphatic rings. The van der Waals surface area contributed by atoms with Crippen LogP contribution in [0, 0.1) is 11.3 Å². The fourth-order valence-electron chi connectivity index (χ4n) is 3.82. The number of rotatable bonds is 6. The van der Waals surface area contributed by atoms with Crippen molar-refractivity contribution in [3.05, 3.63) is 64.5 Å². The maximum absolute atomic E-state index is 12.9. The van der Waals surface area contributed by atoms with Crippen LogP contribution in [0.5, 0.6) is 0 Å². The van der Waals surface area contributed by atoms with Gasteiger partial charge in [0.1, 0.15) is 10.7 Å². The van der Waals surface area contributed by atoms with Gasteiger partial charge in [-0.1, -0.05) is 23.5 Å². The number of thiazole rings is 1. The van der Waals surface area contributed by atoms with E-state index in [9.17, 15) is 10.1 Å². The zero-order valence-corrected chi connectivity index (χ0v) is 19.0. The predicted molar refractivity (Wildman–Crippen MR) is 130 cm³/mol. The molecule has 8 heteroatoms. The molecule has 3 aromatic rings. The summed E-state index contributed by atoms with van der Waals surface area (Å²) in [5, 5.41) is 13.0. The van der Waals surface area contributed by atoms with E-state index in [0.29, 0.717) is 27.2 Å². The largest absolute Gasteiger partial charge is 0.382 e. The number of piperazine rings is 1. The third kappa shape index (κ3) is 4.59. The van der Waals surface area contributed by atoms with E-state index in [0.717, 1.165) is 31.9 Å². The molecule has 2 heterocycles. The SMILES string of the molecule is CC(C)N1CCN(c2ccc(Nc3nc(N)c(C(=O)c4ccccc4C#N)s3)cc2)CC1. The molecule has 0 saturated carbocycles. The number of nitriles is 1. The third-order valence-electron chi connectivity index (χ3n) is 5.68. The van der Waals surface area contributed by atoms with E-state index in [4.69, 9.17) is 5.73 Å². The lowest BCUT2D eigenvalue weighted by Crippen LogP contribution is -2.48. The highest BCUT2D eigenvalue weighted by atomic mass is 32.1. The molecule has 2 aromatic carbocycles. The molecular formula is C24H26N6OS. The van der Waals surface area contributed by atoms with Gasteiger partial charge in [-0.05, 0) is 50.2 Å². The van der Waals surface area contributed by atoms with Gasteiger partial charge in [0, 0.05) is 49.2 Å². The molecule has 164 valence electrons. The van der Waals surface area contributed by atoms with E-state index in [1.54, 1.807) is 24.3 Å². The Morgan fingerprint density at radius 1 is 1.12 bits per heavy atom. The second-order valence-corrected chi connectivity index (χ2v) is 9.01. The second kappa shape index (κ2) is 9.39. The summed E-state index contributed by atoms with van der Waals surface area (Å²) in [5.74, 6) is -0.129. The van der Waals surface area contributed by atoms with Crippen LogP contribution < -0.4 is 16.0 Å². The van der Waals surface area contributed by atoms with Crippen molar-refractivity contribution in [1.82, 2.24) is 9.88 Å². The van der Waals surface area contributed by atoms with Crippen LogP contribution in [0.4, 0.5) is 22.3 Å². The Morgan fingerprint density at radius 2 is 1.81 bits per heavy atom. The lowest BCUT2D eigenvalue weighted by Gasteiger charge is -2.38. The van der Waals surface area contributed by atoms with Gasteiger partial charge in [-0.25, -0.2) is 4.98 Å². The number of nitrogens with one attached hydrogen (secondary N) is 1. The van der Waals surface area contributed by atoms with E-state index in [1.165, 1.54) is 17.0 Å². The fourth-order valence-corrected chi connectivity index (χ4v) is 4.68. The highest BCUT2D eigenvalue weighted by Crippen LogP contribution is 2.31. The summed E-state index contributed by atoms with van der Waals surface area (Å²) < 4.78 is 0. The second-order valence-electron chi connectivity index (χ2n) is 8.01. The number of carbonyl (C=O) groups excluding carboxylic acids is 1. The van der Waals surface area contributed by atoms with Crippen molar-refractivity contribution in [3.8, 4) is 6.07 Å². The molecule has 1 saturated heterocycles. The lowest BCUT2D eigenvalue weighted by molar-refractivity contribution is 0.104. The van der Waals surface area contributed by atoms with E-state index in [-0.39, 0.29) is 11.6 Å². The number of nitrogens with zero attached hydrogens (tertiary/aromatic N) is 4. The van der Waals surface area contributed by atoms with Gasteiger partial charge in [0.15, 0.2) is 5.13 Å². The molecule has 0 atom stereocenters. The molecule has 4 rings (SSSR count). The van der Waals surface area contributed by atoms with E-state index in [2.05, 4.69) is 52.2 Å². The van der Waals surface area contributed by atoms with Crippen LogP contribution in [0.1, 0.15) is 34.6 Å².